The molecular weight excluding hydrogens is 641 g/mol. The molecular formula is C48H56O4. The summed E-state index contributed by atoms with van der Waals surface area (Å²) in [4.78, 5) is 25.0. The second-order valence-corrected chi connectivity index (χ2v) is 14.6. The summed E-state index contributed by atoms with van der Waals surface area (Å²) in [5, 5.41) is 4.82. The van der Waals surface area contributed by atoms with E-state index in [0.717, 1.165) is 58.7 Å². The van der Waals surface area contributed by atoms with Crippen molar-refractivity contribution in [2.24, 2.45) is 0 Å². The maximum Gasteiger partial charge on any atom is 0.306 e. The van der Waals surface area contributed by atoms with Gasteiger partial charge in [-0.2, -0.15) is 0 Å². The van der Waals surface area contributed by atoms with Crippen LogP contribution in [0.3, 0.4) is 0 Å². The van der Waals surface area contributed by atoms with E-state index in [4.69, 9.17) is 9.47 Å². The second-order valence-electron chi connectivity index (χ2n) is 14.6. The minimum Gasteiger partial charge on any atom is -0.457 e. The van der Waals surface area contributed by atoms with Crippen LogP contribution in [0.4, 0.5) is 0 Å². The van der Waals surface area contributed by atoms with Crippen LogP contribution in [-0.2, 0) is 19.1 Å². The first-order valence-corrected chi connectivity index (χ1v) is 19.4. The van der Waals surface area contributed by atoms with Crippen molar-refractivity contribution in [1.82, 2.24) is 0 Å². The first-order chi connectivity index (χ1) is 25.0. The summed E-state index contributed by atoms with van der Waals surface area (Å²) >= 11 is 0. The smallest absolute Gasteiger partial charge is 0.306 e. The van der Waals surface area contributed by atoms with Gasteiger partial charge in [0.05, 0.1) is 0 Å². The lowest BCUT2D eigenvalue weighted by Crippen LogP contribution is -2.21. The van der Waals surface area contributed by atoms with Crippen LogP contribution < -0.4 is 10.4 Å². The van der Waals surface area contributed by atoms with Crippen LogP contribution in [0.1, 0.15) is 153 Å². The Hall–Kier alpha value is -4.62. The monoisotopic (exact) mass is 696 g/mol. The summed E-state index contributed by atoms with van der Waals surface area (Å²) in [6.07, 6.45) is 12.7. The number of allylic oxidation sites excluding steroid dienone is 2. The Labute approximate surface area is 311 Å². The molecule has 0 bridgehead atoms. The summed E-state index contributed by atoms with van der Waals surface area (Å²) in [6, 6.07) is 15.8. The zero-order chi connectivity index (χ0) is 37.5. The molecule has 4 nitrogen and oxygen atoms in total. The quantitative estimate of drug-likeness (QED) is 0.101. The van der Waals surface area contributed by atoms with Crippen molar-refractivity contribution in [3.05, 3.63) is 104 Å². The number of hydrogen-bond acceptors (Lipinski definition) is 4. The van der Waals surface area contributed by atoms with Crippen molar-refractivity contribution in [2.75, 3.05) is 0 Å². The van der Waals surface area contributed by atoms with Gasteiger partial charge in [0.2, 0.25) is 0 Å². The highest BCUT2D eigenvalue weighted by molar-refractivity contribution is 5.93. The zero-order valence-electron chi connectivity index (χ0n) is 32.7. The molecule has 0 saturated carbocycles. The van der Waals surface area contributed by atoms with Gasteiger partial charge < -0.3 is 9.47 Å². The third-order valence-corrected chi connectivity index (χ3v) is 10.7. The van der Waals surface area contributed by atoms with Gasteiger partial charge in [-0.3, -0.25) is 9.59 Å². The summed E-state index contributed by atoms with van der Waals surface area (Å²) < 4.78 is 11.9. The molecule has 0 radical (unpaired) electrons. The number of hydrogen-bond donors (Lipinski definition) is 0. The lowest BCUT2D eigenvalue weighted by atomic mass is 9.84. The van der Waals surface area contributed by atoms with Gasteiger partial charge in [0.1, 0.15) is 12.2 Å². The van der Waals surface area contributed by atoms with E-state index < -0.39 is 0 Å². The van der Waals surface area contributed by atoms with E-state index in [1.165, 1.54) is 38.3 Å². The van der Waals surface area contributed by atoms with E-state index in [9.17, 15) is 9.59 Å². The number of ether oxygens (including phenoxy) is 2. The van der Waals surface area contributed by atoms with Crippen molar-refractivity contribution >= 4 is 46.0 Å². The fourth-order valence-electron chi connectivity index (χ4n) is 7.62. The largest absolute Gasteiger partial charge is 0.457 e. The van der Waals surface area contributed by atoms with Gasteiger partial charge in [-0.15, -0.1) is 0 Å². The normalized spacial score (nSPS) is 17.8. The first kappa shape index (κ1) is 38.6. The van der Waals surface area contributed by atoms with E-state index in [1.807, 2.05) is 13.8 Å². The molecule has 0 N–H and O–H groups in total. The number of benzene rings is 3. The molecule has 5 rings (SSSR count). The van der Waals surface area contributed by atoms with Crippen LogP contribution in [0.5, 0.6) is 0 Å². The molecule has 52 heavy (non-hydrogen) atoms. The molecule has 0 fully saturated rings. The van der Waals surface area contributed by atoms with Crippen LogP contribution in [0.25, 0.3) is 34.1 Å². The van der Waals surface area contributed by atoms with Gasteiger partial charge in [-0.25, -0.2) is 0 Å². The Morgan fingerprint density at radius 3 is 2.40 bits per heavy atom. The van der Waals surface area contributed by atoms with Crippen molar-refractivity contribution < 1.29 is 19.1 Å². The lowest BCUT2D eigenvalue weighted by Gasteiger charge is -2.24. The first-order valence-electron chi connectivity index (χ1n) is 19.4. The Balaban J connectivity index is 1.60. The summed E-state index contributed by atoms with van der Waals surface area (Å²) in [7, 11) is 0. The third kappa shape index (κ3) is 8.36. The summed E-state index contributed by atoms with van der Waals surface area (Å²) in [6.45, 7) is 19.2. The van der Waals surface area contributed by atoms with Gasteiger partial charge in [0, 0.05) is 36.7 Å². The molecule has 2 aliphatic rings. The molecule has 272 valence electrons. The van der Waals surface area contributed by atoms with E-state index in [1.54, 1.807) is 0 Å². The fourth-order valence-corrected chi connectivity index (χ4v) is 7.62. The molecule has 0 aromatic heterocycles. The molecule has 0 amide bonds. The Morgan fingerprint density at radius 1 is 0.962 bits per heavy atom. The maximum atomic E-state index is 12.5. The molecule has 4 atom stereocenters. The number of rotatable bonds is 13. The zero-order valence-corrected chi connectivity index (χ0v) is 32.7. The fraction of sp³-hybridized carbons (Fsp3) is 0.417. The highest BCUT2D eigenvalue weighted by Gasteiger charge is 2.24. The number of fused-ring (bicyclic) bond motifs is 1. The third-order valence-electron chi connectivity index (χ3n) is 10.7. The molecule has 0 spiro atoms. The van der Waals surface area contributed by atoms with Gasteiger partial charge in [-0.05, 0) is 126 Å². The Bertz CT molecular complexity index is 2130. The van der Waals surface area contributed by atoms with Crippen molar-refractivity contribution in [2.45, 2.75) is 131 Å². The number of carbonyl (C=O) groups excluding carboxylic acids is 2. The molecule has 4 heteroatoms. The van der Waals surface area contributed by atoms with Gasteiger partial charge in [-0.1, -0.05) is 106 Å². The molecule has 0 saturated heterocycles. The van der Waals surface area contributed by atoms with Crippen LogP contribution in [-0.4, -0.2) is 18.0 Å². The predicted molar refractivity (Wildman–Crippen MR) is 217 cm³/mol. The molecule has 0 aliphatic heterocycles. The molecule has 3 aromatic carbocycles. The topological polar surface area (TPSA) is 52.6 Å². The molecule has 2 aliphatic carbocycles. The van der Waals surface area contributed by atoms with Crippen molar-refractivity contribution in [3.63, 3.8) is 0 Å². The standard InChI is InChI=1S/C48H56O4/c1-10-16-45(49)51-43(13-4)41(30(5)6)28-34(12-3)39-26-37-20-14-18-31(7)47-40(25-24-38(27-39)48(37)47)33(9)32(8)36-23-22-35-19-15-21-44(42(35)29-36)52-46(50)17-11-2/h15,19-20,22-29,31-32,43-44H,10-13,16-17,21H2,1-9H3/b34-28+,40-33?. The Morgan fingerprint density at radius 2 is 1.71 bits per heavy atom. The minimum atomic E-state index is -0.269. The van der Waals surface area contributed by atoms with E-state index in [2.05, 4.69) is 127 Å². The number of carbonyl (C=O) groups is 2. The van der Waals surface area contributed by atoms with Crippen LogP contribution in [0, 0.1) is 11.8 Å². The highest BCUT2D eigenvalue weighted by atomic mass is 16.5. The van der Waals surface area contributed by atoms with Crippen molar-refractivity contribution in [1.29, 1.82) is 0 Å². The van der Waals surface area contributed by atoms with Gasteiger partial charge in [0.15, 0.2) is 0 Å². The average Bonchev–Trinajstić information content (AvgIpc) is 3.29. The molecule has 4 unspecified atom stereocenters. The van der Waals surface area contributed by atoms with Gasteiger partial charge in [0.25, 0.3) is 0 Å². The van der Waals surface area contributed by atoms with Crippen LogP contribution in [0.15, 0.2) is 65.8 Å². The molecule has 3 aromatic rings. The van der Waals surface area contributed by atoms with E-state index in [0.29, 0.717) is 19.3 Å². The minimum absolute atomic E-state index is 0.0572. The van der Waals surface area contributed by atoms with E-state index >= 15 is 0 Å². The van der Waals surface area contributed by atoms with Crippen LogP contribution >= 0.6 is 0 Å². The molecule has 0 heterocycles. The lowest BCUT2D eigenvalue weighted by molar-refractivity contribution is -0.149. The highest BCUT2D eigenvalue weighted by Crippen LogP contribution is 2.36. The SMILES string of the molecule is CCCC(=O)OC(CC)C(/C=C(\CC)c1cc2c3c(c(=C(C)C(C)c4ccc5c(c4)C(OC(=O)CCC)CC=C5)ccc3c1)C(C)C#CC=2)=C(C)C. The average molecular weight is 697 g/mol. The van der Waals surface area contributed by atoms with Gasteiger partial charge >= 0.3 is 11.9 Å². The predicted octanol–water partition coefficient (Wildman–Crippen LogP) is 10.8. The summed E-state index contributed by atoms with van der Waals surface area (Å²) in [5.74, 6) is 6.82. The summed E-state index contributed by atoms with van der Waals surface area (Å²) in [5.41, 5.74) is 10.6. The Kier molecular flexibility index (Phi) is 12.8. The second kappa shape index (κ2) is 17.3. The van der Waals surface area contributed by atoms with Crippen LogP contribution in [0.2, 0.25) is 0 Å². The van der Waals surface area contributed by atoms with E-state index in [-0.39, 0.29) is 36.0 Å². The maximum absolute atomic E-state index is 12.5. The van der Waals surface area contributed by atoms with Crippen molar-refractivity contribution in [3.8, 4) is 11.8 Å². The number of esters is 2.